The van der Waals surface area contributed by atoms with E-state index < -0.39 is 102 Å². The van der Waals surface area contributed by atoms with E-state index in [1.165, 1.54) is 20.4 Å². The summed E-state index contributed by atoms with van der Waals surface area (Å²) in [6, 6.07) is 6.99. The van der Waals surface area contributed by atoms with Crippen LogP contribution in [0.2, 0.25) is 0 Å². The van der Waals surface area contributed by atoms with Gasteiger partial charge in [0, 0.05) is 57.2 Å². The van der Waals surface area contributed by atoms with Crippen LogP contribution >= 0.6 is 0 Å². The van der Waals surface area contributed by atoms with Crippen LogP contribution in [0.25, 0.3) is 5.69 Å². The number of cyclic esters (lactones) is 1. The van der Waals surface area contributed by atoms with Gasteiger partial charge in [0.2, 0.25) is 0 Å². The van der Waals surface area contributed by atoms with Gasteiger partial charge in [-0.2, -0.15) is 5.10 Å². The molecule has 0 radical (unpaired) electrons. The average molecular weight is 987 g/mol. The van der Waals surface area contributed by atoms with Crippen LogP contribution in [-0.4, -0.2) is 196 Å². The normalized spacial score (nSPS) is 39.9. The third kappa shape index (κ3) is 12.8. The number of hydrogen-bond acceptors (Lipinski definition) is 18. The molecule has 394 valence electrons. The molecular weight excluding hydrogens is 905 g/mol. The van der Waals surface area contributed by atoms with E-state index in [-0.39, 0.29) is 31.3 Å². The molecule has 3 saturated heterocycles. The van der Waals surface area contributed by atoms with Gasteiger partial charge in [-0.25, -0.2) is 14.3 Å². The quantitative estimate of drug-likeness (QED) is 0.155. The standard InChI is InChI=1S/C50H82N8O12/c1-14-39-50(10,64)43(60)33(6)56(12)24-29(2)22-48(8,63)45(31(4)42(32(5)46(62)68-39)69-40-23-49(9,65-13)44(61)34(7)67-40)70-47-41(59)38(21-30(3)66-47)55(11)20-19-36-26-57(54-53-36)25-35-15-17-37(18-16-35)58-28-51-27-52-58/h15-18,26-34,38-45,47,59-61,63-64H,14,19-25H2,1-13H3/t29-,30-,31+,32-,33-,34+,38+,39-,40+,41-,42+,43-,44+,45-,47+,48-,49-,50-/m1/s1. The van der Waals surface area contributed by atoms with E-state index in [0.29, 0.717) is 32.5 Å². The Bertz CT molecular complexity index is 2090. The highest BCUT2D eigenvalue weighted by Crippen LogP contribution is 2.40. The molecule has 18 atom stereocenters. The minimum absolute atomic E-state index is 0.105. The Morgan fingerprint density at radius 1 is 0.957 bits per heavy atom. The number of aliphatic hydroxyl groups excluding tert-OH is 3. The van der Waals surface area contributed by atoms with E-state index in [1.807, 2.05) is 70.2 Å². The van der Waals surface area contributed by atoms with E-state index in [4.69, 9.17) is 28.4 Å². The molecule has 20 heteroatoms. The predicted molar refractivity (Wildman–Crippen MR) is 257 cm³/mol. The molecule has 0 spiro atoms. The minimum atomic E-state index is -1.83. The highest BCUT2D eigenvalue weighted by molar-refractivity contribution is 5.73. The van der Waals surface area contributed by atoms with Crippen molar-refractivity contribution >= 4 is 5.97 Å². The fourth-order valence-electron chi connectivity index (χ4n) is 10.9. The van der Waals surface area contributed by atoms with Crippen LogP contribution in [0.5, 0.6) is 0 Å². The lowest BCUT2D eigenvalue weighted by Gasteiger charge is -2.49. The van der Waals surface area contributed by atoms with E-state index >= 15 is 0 Å². The van der Waals surface area contributed by atoms with Gasteiger partial charge >= 0.3 is 5.97 Å². The van der Waals surface area contributed by atoms with Crippen molar-refractivity contribution in [1.29, 1.82) is 0 Å². The molecule has 3 aliphatic rings. The molecule has 2 aromatic heterocycles. The lowest BCUT2D eigenvalue weighted by atomic mass is 9.77. The molecule has 1 aromatic carbocycles. The molecule has 5 N–H and O–H groups in total. The van der Waals surface area contributed by atoms with Gasteiger partial charge in [0.05, 0.1) is 59.5 Å². The van der Waals surface area contributed by atoms with E-state index in [1.54, 1.807) is 57.2 Å². The van der Waals surface area contributed by atoms with Crippen molar-refractivity contribution in [3.05, 3.63) is 54.4 Å². The maximum absolute atomic E-state index is 14.5. The fraction of sp³-hybridized carbons (Fsp3) is 0.780. The molecule has 0 unspecified atom stereocenters. The van der Waals surface area contributed by atoms with Crippen LogP contribution in [0.15, 0.2) is 43.1 Å². The van der Waals surface area contributed by atoms with Gasteiger partial charge in [-0.05, 0) is 105 Å². The van der Waals surface area contributed by atoms with Gasteiger partial charge < -0.3 is 63.8 Å². The van der Waals surface area contributed by atoms with Gasteiger partial charge in [-0.1, -0.05) is 38.1 Å². The summed E-state index contributed by atoms with van der Waals surface area (Å²) >= 11 is 0. The van der Waals surface area contributed by atoms with Crippen LogP contribution in [0, 0.1) is 17.8 Å². The molecule has 3 aliphatic heterocycles. The molecule has 3 aromatic rings. The lowest BCUT2D eigenvalue weighted by Crippen LogP contribution is -2.61. The van der Waals surface area contributed by atoms with E-state index in [0.717, 1.165) is 16.9 Å². The molecule has 0 saturated carbocycles. The second kappa shape index (κ2) is 23.1. The molecule has 0 aliphatic carbocycles. The number of carbonyl (C=O) groups is 1. The number of carbonyl (C=O) groups excluding carboxylic acids is 1. The molecule has 20 nitrogen and oxygen atoms in total. The number of hydrogen-bond donors (Lipinski definition) is 5. The summed E-state index contributed by atoms with van der Waals surface area (Å²) in [5.74, 6) is -2.76. The van der Waals surface area contributed by atoms with Gasteiger partial charge in [-0.3, -0.25) is 4.79 Å². The number of esters is 1. The van der Waals surface area contributed by atoms with Crippen LogP contribution in [-0.2, 0) is 46.2 Å². The average Bonchev–Trinajstić information content (AvgIpc) is 4.02. The number of aliphatic hydroxyl groups is 5. The van der Waals surface area contributed by atoms with Crippen molar-refractivity contribution in [2.75, 3.05) is 34.3 Å². The SMILES string of the molecule is CC[C@H]1OC(=O)[C@H](C)[C@@H](O[C@H]2C[C@@](C)(OC)[C@@H](O)[C@H](C)O2)[C@H](C)[C@@H](O[C@@H]2O[C@H](C)C[C@H](N(C)CCc3cn(Cc4ccc(-n5cncn5)cc4)nn3)[C@H]2O)[C@](C)(O)C[C@@H](C)CN(C)[C@H](C)[C@@H](O)[C@]1(C)O. The summed E-state index contributed by atoms with van der Waals surface area (Å²) in [6.45, 7) is 19.1. The topological polar surface area (TPSA) is 242 Å². The van der Waals surface area contributed by atoms with Crippen LogP contribution in [0.4, 0.5) is 0 Å². The van der Waals surface area contributed by atoms with Crippen molar-refractivity contribution in [1.82, 2.24) is 39.6 Å². The number of ether oxygens (including phenoxy) is 6. The number of aromatic nitrogens is 6. The molecule has 0 bridgehead atoms. The number of nitrogens with zero attached hydrogens (tertiary/aromatic N) is 8. The number of rotatable bonds is 13. The minimum Gasteiger partial charge on any atom is -0.459 e. The Labute approximate surface area is 413 Å². The summed E-state index contributed by atoms with van der Waals surface area (Å²) in [5, 5.41) is 72.7. The van der Waals surface area contributed by atoms with Crippen molar-refractivity contribution in [3.8, 4) is 5.69 Å². The van der Waals surface area contributed by atoms with E-state index in [9.17, 15) is 30.3 Å². The lowest BCUT2D eigenvalue weighted by molar-refractivity contribution is -0.318. The zero-order valence-corrected chi connectivity index (χ0v) is 43.5. The summed E-state index contributed by atoms with van der Waals surface area (Å²) in [7, 11) is 5.29. The van der Waals surface area contributed by atoms with Gasteiger partial charge in [0.1, 0.15) is 42.7 Å². The Kier molecular flexibility index (Phi) is 18.4. The molecule has 70 heavy (non-hydrogen) atoms. The highest BCUT2D eigenvalue weighted by Gasteiger charge is 2.53. The molecule has 3 fully saturated rings. The van der Waals surface area contributed by atoms with Gasteiger partial charge in [0.25, 0.3) is 0 Å². The predicted octanol–water partition coefficient (Wildman–Crippen LogP) is 2.73. The number of methoxy groups -OCH3 is 1. The Morgan fingerprint density at radius 3 is 2.30 bits per heavy atom. The monoisotopic (exact) mass is 987 g/mol. The van der Waals surface area contributed by atoms with Crippen molar-refractivity contribution < 1.29 is 58.7 Å². The molecule has 0 amide bonds. The first kappa shape index (κ1) is 55.8. The first-order valence-corrected chi connectivity index (χ1v) is 25.0. The van der Waals surface area contributed by atoms with Crippen LogP contribution in [0.1, 0.15) is 106 Å². The first-order chi connectivity index (χ1) is 32.9. The smallest absolute Gasteiger partial charge is 0.311 e. The van der Waals surface area contributed by atoms with Crippen LogP contribution in [0.3, 0.4) is 0 Å². The maximum atomic E-state index is 14.5. The fourth-order valence-corrected chi connectivity index (χ4v) is 10.9. The largest absolute Gasteiger partial charge is 0.459 e. The van der Waals surface area contributed by atoms with Crippen LogP contribution < -0.4 is 0 Å². The summed E-state index contributed by atoms with van der Waals surface area (Å²) < 4.78 is 41.8. The molecular formula is C50H82N8O12. The Balaban J connectivity index is 1.25. The zero-order chi connectivity index (χ0) is 51.5. The third-order valence-corrected chi connectivity index (χ3v) is 15.4. The third-order valence-electron chi connectivity index (χ3n) is 15.4. The molecule has 6 rings (SSSR count). The van der Waals surface area contributed by atoms with Gasteiger partial charge in [0.15, 0.2) is 12.6 Å². The highest BCUT2D eigenvalue weighted by atomic mass is 16.7. The van der Waals surface area contributed by atoms with Gasteiger partial charge in [-0.15, -0.1) is 5.10 Å². The summed E-state index contributed by atoms with van der Waals surface area (Å²) in [4.78, 5) is 22.5. The Hall–Kier alpha value is -3.51. The van der Waals surface area contributed by atoms with Crippen molar-refractivity contribution in [2.45, 2.75) is 198 Å². The zero-order valence-electron chi connectivity index (χ0n) is 43.5. The maximum Gasteiger partial charge on any atom is 0.311 e. The second-order valence-corrected chi connectivity index (χ2v) is 21.3. The molecule has 5 heterocycles. The number of likely N-dealkylation sites (N-methyl/N-ethyl adjacent to an activating group) is 2. The van der Waals surface area contributed by atoms with Crippen molar-refractivity contribution in [2.24, 2.45) is 17.8 Å². The van der Waals surface area contributed by atoms with Crippen molar-refractivity contribution in [3.63, 3.8) is 0 Å². The summed E-state index contributed by atoms with van der Waals surface area (Å²) in [5.41, 5.74) is -1.77. The first-order valence-electron chi connectivity index (χ1n) is 25.0. The summed E-state index contributed by atoms with van der Waals surface area (Å²) in [6.07, 6.45) is -3.36. The Morgan fingerprint density at radius 2 is 1.66 bits per heavy atom. The van der Waals surface area contributed by atoms with E-state index in [2.05, 4.69) is 25.3 Å². The number of benzene rings is 1. The second-order valence-electron chi connectivity index (χ2n) is 21.3.